The van der Waals surface area contributed by atoms with Crippen LogP contribution < -0.4 is 5.32 Å². The van der Waals surface area contributed by atoms with E-state index in [9.17, 15) is 10.1 Å². The molecule has 2 aromatic rings. The van der Waals surface area contributed by atoms with Crippen LogP contribution in [-0.4, -0.2) is 58.6 Å². The predicted molar refractivity (Wildman–Crippen MR) is 99.0 cm³/mol. The van der Waals surface area contributed by atoms with Crippen LogP contribution in [0.15, 0.2) is 30.6 Å². The molecule has 2 aromatic heterocycles. The van der Waals surface area contributed by atoms with Crippen LogP contribution in [0.3, 0.4) is 0 Å². The fourth-order valence-corrected chi connectivity index (χ4v) is 2.90. The molecule has 3 rings (SSSR count). The first-order chi connectivity index (χ1) is 13.2. The van der Waals surface area contributed by atoms with Crippen molar-refractivity contribution in [2.75, 3.05) is 38.2 Å². The number of ether oxygens (including phenoxy) is 1. The Hall–Kier alpha value is -3.05. The molecule has 1 N–H and O–H groups in total. The molecule has 8 nitrogen and oxygen atoms in total. The van der Waals surface area contributed by atoms with Gasteiger partial charge in [-0.25, -0.2) is 9.97 Å². The zero-order valence-electron chi connectivity index (χ0n) is 15.3. The first-order valence-electron chi connectivity index (χ1n) is 8.92. The Kier molecular flexibility index (Phi) is 6.28. The molecular formula is C19H22N6O2. The van der Waals surface area contributed by atoms with Crippen LogP contribution in [0.1, 0.15) is 29.3 Å². The van der Waals surface area contributed by atoms with Gasteiger partial charge in [-0.1, -0.05) is 6.07 Å². The van der Waals surface area contributed by atoms with E-state index in [4.69, 9.17) is 4.74 Å². The molecule has 1 saturated heterocycles. The van der Waals surface area contributed by atoms with Crippen molar-refractivity contribution in [1.29, 1.82) is 5.26 Å². The lowest BCUT2D eigenvalue weighted by Gasteiger charge is -2.26. The average Bonchev–Trinajstić information content (AvgIpc) is 2.70. The molecule has 0 saturated carbocycles. The highest BCUT2D eigenvalue weighted by atomic mass is 16.5. The number of nitrogens with one attached hydrogen (secondary N) is 1. The third kappa shape index (κ3) is 4.77. The van der Waals surface area contributed by atoms with Gasteiger partial charge in [0.05, 0.1) is 24.1 Å². The second-order valence-electron chi connectivity index (χ2n) is 6.29. The molecule has 1 unspecified atom stereocenters. The molecule has 0 aliphatic carbocycles. The minimum absolute atomic E-state index is 0.0299. The van der Waals surface area contributed by atoms with Crippen LogP contribution >= 0.6 is 0 Å². The highest BCUT2D eigenvalue weighted by Crippen LogP contribution is 2.23. The zero-order chi connectivity index (χ0) is 19.1. The molecule has 8 heteroatoms. The number of carbonyl (C=O) groups is 1. The van der Waals surface area contributed by atoms with Crippen molar-refractivity contribution < 1.29 is 9.53 Å². The Morgan fingerprint density at radius 1 is 1.41 bits per heavy atom. The number of amides is 1. The molecule has 1 aliphatic rings. The number of aromatic nitrogens is 3. The van der Waals surface area contributed by atoms with Crippen LogP contribution in [0, 0.1) is 18.3 Å². The number of aryl methyl sites for hydroxylation is 1. The monoisotopic (exact) mass is 366 g/mol. The van der Waals surface area contributed by atoms with Crippen LogP contribution in [0.5, 0.6) is 0 Å². The molecule has 0 radical (unpaired) electrons. The molecule has 1 atom stereocenters. The fraction of sp³-hybridized carbons (Fsp3) is 0.421. The highest BCUT2D eigenvalue weighted by Gasteiger charge is 2.20. The summed E-state index contributed by atoms with van der Waals surface area (Å²) in [6.07, 6.45) is 4.16. The summed E-state index contributed by atoms with van der Waals surface area (Å²) in [7, 11) is 0. The number of pyridine rings is 1. The molecular weight excluding hydrogens is 344 g/mol. The standard InChI is InChI=1S/C19H22N6O2/c1-14-12-23-19(22-7-4-8-25-9-10-27-13-17(25)26)24-18(14)15(11-20)16-5-2-3-6-21-16/h2-3,5-6,12,15H,4,7-10,13H2,1H3,(H,22,23,24). The van der Waals surface area contributed by atoms with E-state index in [0.717, 1.165) is 12.0 Å². The van der Waals surface area contributed by atoms with Crippen LogP contribution in [0.4, 0.5) is 5.95 Å². The predicted octanol–water partition coefficient (Wildman–Crippen LogP) is 1.50. The zero-order valence-corrected chi connectivity index (χ0v) is 15.3. The molecule has 0 bridgehead atoms. The number of nitriles is 1. The first kappa shape index (κ1) is 18.7. The van der Waals surface area contributed by atoms with Crippen LogP contribution in [0.25, 0.3) is 0 Å². The van der Waals surface area contributed by atoms with Crippen molar-refractivity contribution in [1.82, 2.24) is 19.9 Å². The summed E-state index contributed by atoms with van der Waals surface area (Å²) >= 11 is 0. The number of hydrogen-bond donors (Lipinski definition) is 1. The van der Waals surface area contributed by atoms with E-state index >= 15 is 0 Å². The van der Waals surface area contributed by atoms with Crippen molar-refractivity contribution >= 4 is 11.9 Å². The molecule has 0 spiro atoms. The minimum atomic E-state index is -0.541. The fourth-order valence-electron chi connectivity index (χ4n) is 2.90. The van der Waals surface area contributed by atoms with Gasteiger partial charge in [0.2, 0.25) is 11.9 Å². The van der Waals surface area contributed by atoms with Crippen molar-refractivity contribution in [2.24, 2.45) is 0 Å². The lowest BCUT2D eigenvalue weighted by Crippen LogP contribution is -2.42. The smallest absolute Gasteiger partial charge is 0.248 e. The number of carbonyl (C=O) groups excluding carboxylic acids is 1. The Labute approximate surface area is 158 Å². The van der Waals surface area contributed by atoms with E-state index in [0.29, 0.717) is 43.6 Å². The molecule has 27 heavy (non-hydrogen) atoms. The van der Waals surface area contributed by atoms with E-state index in [-0.39, 0.29) is 12.5 Å². The van der Waals surface area contributed by atoms with Gasteiger partial charge in [-0.15, -0.1) is 0 Å². The van der Waals surface area contributed by atoms with E-state index < -0.39 is 5.92 Å². The van der Waals surface area contributed by atoms with Crippen LogP contribution in [0.2, 0.25) is 0 Å². The quantitative estimate of drug-likeness (QED) is 0.740. The molecule has 1 aliphatic heterocycles. The lowest BCUT2D eigenvalue weighted by atomic mass is 9.99. The van der Waals surface area contributed by atoms with Crippen LogP contribution in [-0.2, 0) is 9.53 Å². The van der Waals surface area contributed by atoms with Gasteiger partial charge >= 0.3 is 0 Å². The molecule has 3 heterocycles. The van der Waals surface area contributed by atoms with Crippen molar-refractivity contribution in [3.8, 4) is 6.07 Å². The highest BCUT2D eigenvalue weighted by molar-refractivity contribution is 5.77. The summed E-state index contributed by atoms with van der Waals surface area (Å²) in [5.41, 5.74) is 2.16. The maximum Gasteiger partial charge on any atom is 0.248 e. The normalized spacial score (nSPS) is 15.3. The Morgan fingerprint density at radius 2 is 2.30 bits per heavy atom. The number of morpholine rings is 1. The molecule has 140 valence electrons. The number of hydrogen-bond acceptors (Lipinski definition) is 7. The summed E-state index contributed by atoms with van der Waals surface area (Å²) in [4.78, 5) is 26.6. The maximum absolute atomic E-state index is 11.7. The van der Waals surface area contributed by atoms with Gasteiger partial charge in [0, 0.05) is 32.0 Å². The van der Waals surface area contributed by atoms with Gasteiger partial charge in [0.25, 0.3) is 0 Å². The molecule has 1 fully saturated rings. The minimum Gasteiger partial charge on any atom is -0.370 e. The van der Waals surface area contributed by atoms with Gasteiger partial charge < -0.3 is 15.0 Å². The summed E-state index contributed by atoms with van der Waals surface area (Å²) in [6, 6.07) is 7.78. The van der Waals surface area contributed by atoms with E-state index in [2.05, 4.69) is 26.3 Å². The summed E-state index contributed by atoms with van der Waals surface area (Å²) in [5.74, 6) is -0.0387. The summed E-state index contributed by atoms with van der Waals surface area (Å²) in [5, 5.41) is 12.8. The average molecular weight is 366 g/mol. The molecule has 1 amide bonds. The van der Waals surface area contributed by atoms with Crippen molar-refractivity contribution in [3.05, 3.63) is 47.5 Å². The maximum atomic E-state index is 11.7. The summed E-state index contributed by atoms with van der Waals surface area (Å²) < 4.78 is 5.12. The first-order valence-corrected chi connectivity index (χ1v) is 8.92. The lowest BCUT2D eigenvalue weighted by molar-refractivity contribution is -0.142. The van der Waals surface area contributed by atoms with Gasteiger partial charge in [-0.05, 0) is 31.0 Å². The molecule has 0 aromatic carbocycles. The van der Waals surface area contributed by atoms with Crippen molar-refractivity contribution in [2.45, 2.75) is 19.3 Å². The summed E-state index contributed by atoms with van der Waals surface area (Å²) in [6.45, 7) is 4.58. The van der Waals surface area contributed by atoms with E-state index in [1.807, 2.05) is 25.1 Å². The second-order valence-corrected chi connectivity index (χ2v) is 6.29. The Bertz CT molecular complexity index is 821. The van der Waals surface area contributed by atoms with E-state index in [1.165, 1.54) is 0 Å². The van der Waals surface area contributed by atoms with Crippen molar-refractivity contribution in [3.63, 3.8) is 0 Å². The van der Waals surface area contributed by atoms with E-state index in [1.54, 1.807) is 17.3 Å². The third-order valence-electron chi connectivity index (χ3n) is 4.37. The van der Waals surface area contributed by atoms with Gasteiger partial charge in [-0.3, -0.25) is 9.78 Å². The SMILES string of the molecule is Cc1cnc(NCCCN2CCOCC2=O)nc1C(C#N)c1ccccn1. The van der Waals surface area contributed by atoms with Gasteiger partial charge in [0.15, 0.2) is 0 Å². The Balaban J connectivity index is 1.61. The third-order valence-corrected chi connectivity index (χ3v) is 4.37. The number of rotatable bonds is 7. The van der Waals surface area contributed by atoms with Gasteiger partial charge in [0.1, 0.15) is 12.5 Å². The second kappa shape index (κ2) is 9.05. The topological polar surface area (TPSA) is 104 Å². The van der Waals surface area contributed by atoms with Gasteiger partial charge in [-0.2, -0.15) is 5.26 Å². The number of anilines is 1. The number of nitrogens with zero attached hydrogens (tertiary/aromatic N) is 5. The largest absolute Gasteiger partial charge is 0.370 e. The Morgan fingerprint density at radius 3 is 3.04 bits per heavy atom.